The molecule has 3 N–H and O–H groups in total. The molecule has 6 heteroatoms. The lowest BCUT2D eigenvalue weighted by molar-refractivity contribution is -0.384. The van der Waals surface area contributed by atoms with Crippen molar-refractivity contribution in [2.24, 2.45) is 17.8 Å². The van der Waals surface area contributed by atoms with Crippen LogP contribution >= 0.6 is 0 Å². The summed E-state index contributed by atoms with van der Waals surface area (Å²) in [6.07, 6.45) is 5.08. The van der Waals surface area contributed by atoms with Crippen molar-refractivity contribution in [1.29, 1.82) is 0 Å². The first kappa shape index (κ1) is 13.9. The number of benzene rings is 1. The number of carbonyl (C=O) groups is 1. The van der Waals surface area contributed by atoms with Crippen LogP contribution in [-0.2, 0) is 0 Å². The highest BCUT2D eigenvalue weighted by Gasteiger charge is 2.39. The lowest BCUT2D eigenvalue weighted by atomic mass is 9.89. The number of nitrogen functional groups attached to an aromatic ring is 1. The van der Waals surface area contributed by atoms with Crippen molar-refractivity contribution < 1.29 is 9.72 Å². The van der Waals surface area contributed by atoms with Crippen LogP contribution in [0.5, 0.6) is 0 Å². The van der Waals surface area contributed by atoms with Crippen LogP contribution in [0.2, 0.25) is 0 Å². The van der Waals surface area contributed by atoms with Crippen molar-refractivity contribution in [1.82, 2.24) is 5.32 Å². The second kappa shape index (κ2) is 5.35. The Labute approximate surface area is 122 Å². The topological polar surface area (TPSA) is 98.3 Å². The van der Waals surface area contributed by atoms with E-state index in [0.29, 0.717) is 12.5 Å². The minimum absolute atomic E-state index is 0.116. The van der Waals surface area contributed by atoms with E-state index in [0.717, 1.165) is 11.8 Å². The van der Waals surface area contributed by atoms with Crippen molar-refractivity contribution in [2.45, 2.75) is 25.7 Å². The molecular weight excluding hydrogens is 270 g/mol. The Balaban J connectivity index is 1.65. The first-order chi connectivity index (χ1) is 10.0. The maximum Gasteiger partial charge on any atom is 0.270 e. The van der Waals surface area contributed by atoms with Gasteiger partial charge in [-0.05, 0) is 43.1 Å². The summed E-state index contributed by atoms with van der Waals surface area (Å²) in [5.41, 5.74) is 6.09. The summed E-state index contributed by atoms with van der Waals surface area (Å²) in [5, 5.41) is 13.7. The maximum atomic E-state index is 12.2. The summed E-state index contributed by atoms with van der Waals surface area (Å²) in [5.74, 6) is 1.80. The molecule has 0 heterocycles. The van der Waals surface area contributed by atoms with Crippen LogP contribution in [0.3, 0.4) is 0 Å². The molecule has 2 aliphatic carbocycles. The molecule has 1 amide bonds. The summed E-state index contributed by atoms with van der Waals surface area (Å²) in [6.45, 7) is 0.641. The number of rotatable bonds is 4. The molecule has 21 heavy (non-hydrogen) atoms. The van der Waals surface area contributed by atoms with Crippen LogP contribution in [0.25, 0.3) is 0 Å². The van der Waals surface area contributed by atoms with Crippen molar-refractivity contribution >= 4 is 17.3 Å². The SMILES string of the molecule is Nc1ccc([N+](=O)[O-])cc1C(=O)NCC1CC2CCC1C2. The van der Waals surface area contributed by atoms with E-state index in [1.165, 1.54) is 43.9 Å². The molecule has 0 radical (unpaired) electrons. The summed E-state index contributed by atoms with van der Waals surface area (Å²) >= 11 is 0. The fraction of sp³-hybridized carbons (Fsp3) is 0.533. The van der Waals surface area contributed by atoms with E-state index in [1.807, 2.05) is 0 Å². The number of non-ortho nitro benzene ring substituents is 1. The number of fused-ring (bicyclic) bond motifs is 2. The molecule has 2 bridgehead atoms. The van der Waals surface area contributed by atoms with Crippen molar-refractivity contribution in [3.8, 4) is 0 Å². The summed E-state index contributed by atoms with van der Waals surface area (Å²) in [4.78, 5) is 22.4. The summed E-state index contributed by atoms with van der Waals surface area (Å²) < 4.78 is 0. The monoisotopic (exact) mass is 289 g/mol. The summed E-state index contributed by atoms with van der Waals surface area (Å²) in [6, 6.07) is 3.96. The zero-order valence-corrected chi connectivity index (χ0v) is 11.7. The molecule has 0 aliphatic heterocycles. The minimum Gasteiger partial charge on any atom is -0.398 e. The van der Waals surface area contributed by atoms with E-state index in [2.05, 4.69) is 5.32 Å². The zero-order chi connectivity index (χ0) is 15.0. The number of hydrogen-bond acceptors (Lipinski definition) is 4. The summed E-state index contributed by atoms with van der Waals surface area (Å²) in [7, 11) is 0. The van der Waals surface area contributed by atoms with Gasteiger partial charge in [-0.15, -0.1) is 0 Å². The molecule has 112 valence electrons. The molecule has 3 atom stereocenters. The van der Waals surface area contributed by atoms with Crippen LogP contribution in [0.1, 0.15) is 36.0 Å². The maximum absolute atomic E-state index is 12.2. The molecule has 3 unspecified atom stereocenters. The number of nitro groups is 1. The molecule has 0 aromatic heterocycles. The average Bonchev–Trinajstić information content (AvgIpc) is 3.07. The number of nitro benzene ring substituents is 1. The normalized spacial score (nSPS) is 26.8. The lowest BCUT2D eigenvalue weighted by Crippen LogP contribution is -2.32. The van der Waals surface area contributed by atoms with Gasteiger partial charge in [0.1, 0.15) is 0 Å². The minimum atomic E-state index is -0.522. The van der Waals surface area contributed by atoms with Gasteiger partial charge in [-0.3, -0.25) is 14.9 Å². The van der Waals surface area contributed by atoms with Crippen molar-refractivity contribution in [3.05, 3.63) is 33.9 Å². The highest BCUT2D eigenvalue weighted by Crippen LogP contribution is 2.47. The average molecular weight is 289 g/mol. The van der Waals surface area contributed by atoms with Gasteiger partial charge in [0.25, 0.3) is 11.6 Å². The van der Waals surface area contributed by atoms with Crippen molar-refractivity contribution in [3.63, 3.8) is 0 Å². The van der Waals surface area contributed by atoms with E-state index >= 15 is 0 Å². The Hall–Kier alpha value is -2.11. The largest absolute Gasteiger partial charge is 0.398 e. The number of anilines is 1. The quantitative estimate of drug-likeness (QED) is 0.505. The number of amides is 1. The molecule has 0 spiro atoms. The fourth-order valence-electron chi connectivity index (χ4n) is 3.80. The molecule has 1 aromatic rings. The van der Waals surface area contributed by atoms with Gasteiger partial charge < -0.3 is 11.1 Å². The van der Waals surface area contributed by atoms with Gasteiger partial charge in [-0.2, -0.15) is 0 Å². The molecule has 2 fully saturated rings. The third-order valence-electron chi connectivity index (χ3n) is 4.90. The van der Waals surface area contributed by atoms with Gasteiger partial charge in [0.2, 0.25) is 0 Å². The van der Waals surface area contributed by atoms with Gasteiger partial charge in [-0.1, -0.05) is 6.42 Å². The van der Waals surface area contributed by atoms with Crippen LogP contribution in [0.4, 0.5) is 11.4 Å². The predicted molar refractivity (Wildman–Crippen MR) is 78.8 cm³/mol. The van der Waals surface area contributed by atoms with E-state index in [4.69, 9.17) is 5.73 Å². The highest BCUT2D eigenvalue weighted by atomic mass is 16.6. The van der Waals surface area contributed by atoms with Gasteiger partial charge in [0, 0.05) is 24.4 Å². The van der Waals surface area contributed by atoms with Gasteiger partial charge in [0.15, 0.2) is 0 Å². The fourth-order valence-corrected chi connectivity index (χ4v) is 3.80. The first-order valence-corrected chi connectivity index (χ1v) is 7.36. The van der Waals surface area contributed by atoms with E-state index < -0.39 is 4.92 Å². The number of carbonyl (C=O) groups excluding carboxylic acids is 1. The van der Waals surface area contributed by atoms with Crippen LogP contribution in [-0.4, -0.2) is 17.4 Å². The third kappa shape index (κ3) is 2.70. The van der Waals surface area contributed by atoms with E-state index in [9.17, 15) is 14.9 Å². The smallest absolute Gasteiger partial charge is 0.270 e. The molecule has 6 nitrogen and oxygen atoms in total. The number of nitrogens with one attached hydrogen (secondary N) is 1. The molecule has 2 aliphatic rings. The zero-order valence-electron chi connectivity index (χ0n) is 11.7. The van der Waals surface area contributed by atoms with E-state index in [-0.39, 0.29) is 22.8 Å². The second-order valence-electron chi connectivity index (χ2n) is 6.17. The number of nitrogens with two attached hydrogens (primary N) is 1. The lowest BCUT2D eigenvalue weighted by Gasteiger charge is -2.21. The molecule has 1 aromatic carbocycles. The van der Waals surface area contributed by atoms with Crippen LogP contribution in [0.15, 0.2) is 18.2 Å². The van der Waals surface area contributed by atoms with E-state index in [1.54, 1.807) is 0 Å². The van der Waals surface area contributed by atoms with Crippen LogP contribution < -0.4 is 11.1 Å². The third-order valence-corrected chi connectivity index (χ3v) is 4.90. The molecule has 3 rings (SSSR count). The standard InChI is InChI=1S/C15H19N3O3/c16-14-4-3-12(18(20)21)7-13(14)15(19)17-8-11-6-9-1-2-10(11)5-9/h3-4,7,9-11H,1-2,5-6,8,16H2,(H,17,19). The molecule has 0 saturated heterocycles. The Kier molecular flexibility index (Phi) is 3.53. The highest BCUT2D eigenvalue weighted by molar-refractivity contribution is 5.99. The van der Waals surface area contributed by atoms with Gasteiger partial charge in [0.05, 0.1) is 10.5 Å². The Morgan fingerprint density at radius 2 is 2.19 bits per heavy atom. The van der Waals surface area contributed by atoms with Gasteiger partial charge in [-0.25, -0.2) is 0 Å². The second-order valence-corrected chi connectivity index (χ2v) is 6.17. The number of hydrogen-bond donors (Lipinski definition) is 2. The predicted octanol–water partition coefficient (Wildman–Crippen LogP) is 2.34. The first-order valence-electron chi connectivity index (χ1n) is 7.36. The Bertz CT molecular complexity index is 588. The molecular formula is C15H19N3O3. The van der Waals surface area contributed by atoms with Gasteiger partial charge >= 0.3 is 0 Å². The number of nitrogens with zero attached hydrogens (tertiary/aromatic N) is 1. The Morgan fingerprint density at radius 3 is 2.81 bits per heavy atom. The van der Waals surface area contributed by atoms with Crippen molar-refractivity contribution in [2.75, 3.05) is 12.3 Å². The molecule has 2 saturated carbocycles. The van der Waals surface area contributed by atoms with Crippen LogP contribution in [0, 0.1) is 27.9 Å². The Morgan fingerprint density at radius 1 is 1.38 bits per heavy atom.